The maximum Gasteiger partial charge on any atom is 0.281 e. The molecular weight excluding hydrogens is 188 g/mol. The molecule has 76 valence electrons. The topological polar surface area (TPSA) is 40.6 Å². The molecule has 0 N–H and O–H groups in total. The molecule has 0 radical (unpaired) electrons. The number of hydrogen-bond donors (Lipinski definition) is 0. The summed E-state index contributed by atoms with van der Waals surface area (Å²) in [5.41, 5.74) is 0. The molecule has 2 heterocycles. The van der Waals surface area contributed by atoms with Crippen LogP contribution in [0.3, 0.4) is 0 Å². The molecule has 0 aliphatic carbocycles. The fraction of sp³-hybridized carbons (Fsp3) is 1.00. The van der Waals surface area contributed by atoms with Crippen LogP contribution in [-0.4, -0.2) is 43.2 Å². The van der Waals surface area contributed by atoms with E-state index in [9.17, 15) is 8.42 Å². The molecule has 0 unspecified atom stereocenters. The van der Waals surface area contributed by atoms with Crippen molar-refractivity contribution in [1.82, 2.24) is 8.61 Å². The van der Waals surface area contributed by atoms with Crippen LogP contribution in [-0.2, 0) is 10.2 Å². The average Bonchev–Trinajstić information content (AvgIpc) is 2.78. The molecule has 5 heteroatoms. The maximum atomic E-state index is 11.9. The average molecular weight is 204 g/mol. The van der Waals surface area contributed by atoms with Gasteiger partial charge < -0.3 is 0 Å². The van der Waals surface area contributed by atoms with Crippen LogP contribution in [0.1, 0.15) is 25.7 Å². The summed E-state index contributed by atoms with van der Waals surface area (Å²) in [4.78, 5) is 0. The molecule has 2 fully saturated rings. The molecule has 2 aliphatic rings. The van der Waals surface area contributed by atoms with Gasteiger partial charge in [0.2, 0.25) is 0 Å². The molecule has 0 bridgehead atoms. The van der Waals surface area contributed by atoms with Crippen LogP contribution in [0.15, 0.2) is 0 Å². The highest BCUT2D eigenvalue weighted by molar-refractivity contribution is 7.86. The van der Waals surface area contributed by atoms with Crippen molar-refractivity contribution in [2.75, 3.05) is 26.2 Å². The summed E-state index contributed by atoms with van der Waals surface area (Å²) >= 11 is 0. The van der Waals surface area contributed by atoms with Crippen molar-refractivity contribution in [2.45, 2.75) is 25.7 Å². The zero-order valence-corrected chi connectivity index (χ0v) is 8.59. The van der Waals surface area contributed by atoms with E-state index >= 15 is 0 Å². The highest BCUT2D eigenvalue weighted by atomic mass is 32.2. The van der Waals surface area contributed by atoms with Gasteiger partial charge in [-0.1, -0.05) is 0 Å². The molecule has 13 heavy (non-hydrogen) atoms. The summed E-state index contributed by atoms with van der Waals surface area (Å²) in [6, 6.07) is 0. The Morgan fingerprint density at radius 2 is 1.00 bits per heavy atom. The predicted octanol–water partition coefficient (Wildman–Crippen LogP) is 0.423. The Morgan fingerprint density at radius 3 is 1.31 bits per heavy atom. The lowest BCUT2D eigenvalue weighted by Gasteiger charge is -2.22. The Hall–Kier alpha value is -0.130. The van der Waals surface area contributed by atoms with Crippen molar-refractivity contribution < 1.29 is 8.42 Å². The smallest absolute Gasteiger partial charge is 0.195 e. The molecule has 0 aromatic heterocycles. The summed E-state index contributed by atoms with van der Waals surface area (Å²) in [5, 5.41) is 0. The van der Waals surface area contributed by atoms with Crippen LogP contribution in [0.25, 0.3) is 0 Å². The largest absolute Gasteiger partial charge is 0.281 e. The van der Waals surface area contributed by atoms with E-state index in [0.29, 0.717) is 0 Å². The molecule has 0 aromatic rings. The van der Waals surface area contributed by atoms with Crippen LogP contribution >= 0.6 is 0 Å². The Morgan fingerprint density at radius 1 is 0.692 bits per heavy atom. The standard InChI is InChI=1S/C8H16N2O2S/c11-13(12,9-5-1-2-6-9)10-7-3-4-8-10/h1-8H2. The quantitative estimate of drug-likeness (QED) is 0.654. The number of hydrogen-bond acceptors (Lipinski definition) is 2. The van der Waals surface area contributed by atoms with Crippen LogP contribution in [0, 0.1) is 0 Å². The Kier molecular flexibility index (Phi) is 2.58. The van der Waals surface area contributed by atoms with Gasteiger partial charge in [-0.3, -0.25) is 0 Å². The van der Waals surface area contributed by atoms with Crippen molar-refractivity contribution in [1.29, 1.82) is 0 Å². The minimum absolute atomic E-state index is 0.721. The second-order valence-electron chi connectivity index (χ2n) is 3.72. The van der Waals surface area contributed by atoms with E-state index in [0.717, 1.165) is 51.9 Å². The van der Waals surface area contributed by atoms with E-state index < -0.39 is 10.2 Å². The van der Waals surface area contributed by atoms with Crippen molar-refractivity contribution in [2.24, 2.45) is 0 Å². The fourth-order valence-electron chi connectivity index (χ4n) is 2.00. The molecule has 4 nitrogen and oxygen atoms in total. The number of rotatable bonds is 2. The van der Waals surface area contributed by atoms with Gasteiger partial charge in [-0.2, -0.15) is 17.0 Å². The minimum Gasteiger partial charge on any atom is -0.195 e. The normalized spacial score (nSPS) is 27.1. The van der Waals surface area contributed by atoms with Gasteiger partial charge in [-0.25, -0.2) is 0 Å². The van der Waals surface area contributed by atoms with E-state index in [1.54, 1.807) is 8.61 Å². The van der Waals surface area contributed by atoms with Gasteiger partial charge >= 0.3 is 0 Å². The molecule has 0 atom stereocenters. The van der Waals surface area contributed by atoms with Crippen LogP contribution in [0.4, 0.5) is 0 Å². The Balaban J connectivity index is 2.09. The monoisotopic (exact) mass is 204 g/mol. The zero-order chi connectivity index (χ0) is 9.31. The van der Waals surface area contributed by atoms with E-state index in [-0.39, 0.29) is 0 Å². The first-order valence-corrected chi connectivity index (χ1v) is 6.36. The molecule has 0 amide bonds. The van der Waals surface area contributed by atoms with Gasteiger partial charge in [0, 0.05) is 26.2 Å². The third-order valence-corrected chi connectivity index (χ3v) is 4.82. The second kappa shape index (κ2) is 3.55. The highest BCUT2D eigenvalue weighted by Gasteiger charge is 2.32. The third-order valence-electron chi connectivity index (χ3n) is 2.78. The zero-order valence-electron chi connectivity index (χ0n) is 7.78. The van der Waals surface area contributed by atoms with Gasteiger partial charge in [-0.05, 0) is 25.7 Å². The Labute approximate surface area is 79.7 Å². The van der Waals surface area contributed by atoms with Crippen molar-refractivity contribution in [3.05, 3.63) is 0 Å². The van der Waals surface area contributed by atoms with Gasteiger partial charge in [0.15, 0.2) is 0 Å². The summed E-state index contributed by atoms with van der Waals surface area (Å²) in [7, 11) is -3.07. The van der Waals surface area contributed by atoms with Crippen molar-refractivity contribution in [3.63, 3.8) is 0 Å². The summed E-state index contributed by atoms with van der Waals surface area (Å²) in [6.07, 6.45) is 4.08. The SMILES string of the molecule is O=S(=O)(N1CCCC1)N1CCCC1. The van der Waals surface area contributed by atoms with Crippen molar-refractivity contribution in [3.8, 4) is 0 Å². The molecule has 0 spiro atoms. The van der Waals surface area contributed by atoms with Crippen LogP contribution < -0.4 is 0 Å². The Bertz CT molecular complexity index is 242. The third kappa shape index (κ3) is 1.73. The van der Waals surface area contributed by atoms with Crippen molar-refractivity contribution >= 4 is 10.2 Å². The lowest BCUT2D eigenvalue weighted by Crippen LogP contribution is -2.40. The summed E-state index contributed by atoms with van der Waals surface area (Å²) in [5.74, 6) is 0. The van der Waals surface area contributed by atoms with Gasteiger partial charge in [-0.15, -0.1) is 0 Å². The predicted molar refractivity (Wildman–Crippen MR) is 50.5 cm³/mol. The van der Waals surface area contributed by atoms with E-state index in [4.69, 9.17) is 0 Å². The molecule has 0 saturated carbocycles. The molecule has 0 aromatic carbocycles. The van der Waals surface area contributed by atoms with Gasteiger partial charge in [0.05, 0.1) is 0 Å². The lowest BCUT2D eigenvalue weighted by atomic mass is 10.4. The van der Waals surface area contributed by atoms with E-state index in [2.05, 4.69) is 0 Å². The second-order valence-corrected chi connectivity index (χ2v) is 5.65. The van der Waals surface area contributed by atoms with Crippen LogP contribution in [0.2, 0.25) is 0 Å². The maximum absolute atomic E-state index is 11.9. The highest BCUT2D eigenvalue weighted by Crippen LogP contribution is 2.20. The first kappa shape index (κ1) is 9.43. The lowest BCUT2D eigenvalue weighted by molar-refractivity contribution is 0.398. The summed E-state index contributed by atoms with van der Waals surface area (Å²) in [6.45, 7) is 2.88. The van der Waals surface area contributed by atoms with E-state index in [1.807, 2.05) is 0 Å². The molecular formula is C8H16N2O2S. The first-order valence-electron chi connectivity index (χ1n) is 4.96. The number of nitrogens with zero attached hydrogens (tertiary/aromatic N) is 2. The molecule has 2 aliphatic heterocycles. The summed E-state index contributed by atoms with van der Waals surface area (Å²) < 4.78 is 27.0. The van der Waals surface area contributed by atoms with Gasteiger partial charge in [0.25, 0.3) is 10.2 Å². The first-order chi connectivity index (χ1) is 6.21. The molecule has 2 saturated heterocycles. The van der Waals surface area contributed by atoms with Crippen LogP contribution in [0.5, 0.6) is 0 Å². The molecule has 2 rings (SSSR count). The van der Waals surface area contributed by atoms with Gasteiger partial charge in [0.1, 0.15) is 0 Å². The minimum atomic E-state index is -3.07. The van der Waals surface area contributed by atoms with E-state index in [1.165, 1.54) is 0 Å². The fourth-order valence-corrected chi connectivity index (χ4v) is 3.77.